The molecule has 0 aromatic heterocycles. The number of amides is 1. The number of carbonyl (C=O) groups is 1. The standard InChI is InChI=1S/C80H161NO3/c1-3-5-7-9-11-13-15-17-19-21-23-25-27-29-31-33-35-37-38-39-40-41-42-44-46-48-50-52-54-56-58-60-62-64-66-68-70-72-74-76-80(84)81-78(77-82)79(83)75-73-71-69-67-65-63-61-59-57-55-53-51-49-47-45-43-36-34-32-30-28-26-24-22-20-18-16-14-12-10-8-6-4-2/h78-79,82-83H,3-77H2,1-2H3,(H,81,84). The maximum absolute atomic E-state index is 12.6. The maximum Gasteiger partial charge on any atom is 0.220 e. The fraction of sp³-hybridized carbons (Fsp3) is 0.988. The lowest BCUT2D eigenvalue weighted by Gasteiger charge is -2.22. The van der Waals surface area contributed by atoms with E-state index in [2.05, 4.69) is 19.2 Å². The second-order valence-electron chi connectivity index (χ2n) is 28.2. The first-order chi connectivity index (χ1) is 41.7. The van der Waals surface area contributed by atoms with Gasteiger partial charge in [0.2, 0.25) is 5.91 Å². The van der Waals surface area contributed by atoms with Crippen LogP contribution in [0.2, 0.25) is 0 Å². The van der Waals surface area contributed by atoms with Gasteiger partial charge in [0.1, 0.15) is 0 Å². The summed E-state index contributed by atoms with van der Waals surface area (Å²) in [6.45, 7) is 4.43. The van der Waals surface area contributed by atoms with Gasteiger partial charge < -0.3 is 15.5 Å². The zero-order chi connectivity index (χ0) is 60.5. The smallest absolute Gasteiger partial charge is 0.220 e. The summed E-state index contributed by atoms with van der Waals surface area (Å²) in [5, 5.41) is 23.5. The molecule has 2 unspecified atom stereocenters. The summed E-state index contributed by atoms with van der Waals surface area (Å²) in [5.74, 6) is -0.0178. The number of rotatable bonds is 77. The van der Waals surface area contributed by atoms with E-state index in [-0.39, 0.29) is 12.5 Å². The molecule has 0 spiro atoms. The second kappa shape index (κ2) is 76.6. The fourth-order valence-corrected chi connectivity index (χ4v) is 13.5. The van der Waals surface area contributed by atoms with Crippen LogP contribution in [0.1, 0.15) is 489 Å². The van der Waals surface area contributed by atoms with Crippen molar-refractivity contribution in [2.75, 3.05) is 6.61 Å². The molecule has 0 aliphatic carbocycles. The molecule has 2 atom stereocenters. The van der Waals surface area contributed by atoms with Crippen molar-refractivity contribution in [1.29, 1.82) is 0 Å². The Kier molecular flexibility index (Phi) is 76.1. The van der Waals surface area contributed by atoms with Gasteiger partial charge in [-0.1, -0.05) is 470 Å². The SMILES string of the molecule is CCCCCCCCCCCCCCCCCCCCCCCCCCCCCCCCCCCCCCCCCC(=O)NC(CO)C(O)CCCCCCCCCCCCCCCCCCCCCCCCCCCCCCCCCCC. The zero-order valence-electron chi connectivity index (χ0n) is 58.5. The van der Waals surface area contributed by atoms with Crippen molar-refractivity contribution >= 4 is 5.91 Å². The van der Waals surface area contributed by atoms with Gasteiger partial charge >= 0.3 is 0 Å². The highest BCUT2D eigenvalue weighted by molar-refractivity contribution is 5.76. The quantitative estimate of drug-likeness (QED) is 0.0532. The summed E-state index contributed by atoms with van der Waals surface area (Å²) < 4.78 is 0. The van der Waals surface area contributed by atoms with Crippen molar-refractivity contribution in [1.82, 2.24) is 5.32 Å². The van der Waals surface area contributed by atoms with Crippen molar-refractivity contribution < 1.29 is 15.0 Å². The molecule has 0 aromatic rings. The van der Waals surface area contributed by atoms with E-state index in [1.807, 2.05) is 0 Å². The Hall–Kier alpha value is -0.610. The monoisotopic (exact) mass is 1180 g/mol. The van der Waals surface area contributed by atoms with E-state index in [1.165, 1.54) is 437 Å². The van der Waals surface area contributed by atoms with Crippen LogP contribution in [0.5, 0.6) is 0 Å². The molecule has 0 aromatic carbocycles. The highest BCUT2D eigenvalue weighted by atomic mass is 16.3. The summed E-state index contributed by atoms with van der Waals surface area (Å²) >= 11 is 0. The number of hydrogen-bond acceptors (Lipinski definition) is 3. The van der Waals surface area contributed by atoms with Crippen LogP contribution >= 0.6 is 0 Å². The van der Waals surface area contributed by atoms with Crippen molar-refractivity contribution in [3.8, 4) is 0 Å². The van der Waals surface area contributed by atoms with E-state index in [1.54, 1.807) is 0 Å². The molecular weight excluding hydrogens is 1020 g/mol. The van der Waals surface area contributed by atoms with Crippen LogP contribution < -0.4 is 5.32 Å². The van der Waals surface area contributed by atoms with E-state index >= 15 is 0 Å². The van der Waals surface area contributed by atoms with Crippen LogP contribution in [0.3, 0.4) is 0 Å². The first-order valence-electron chi connectivity index (χ1n) is 40.2. The molecule has 504 valence electrons. The van der Waals surface area contributed by atoms with E-state index < -0.39 is 12.1 Å². The van der Waals surface area contributed by atoms with Crippen LogP contribution in [-0.2, 0) is 4.79 Å². The number of carbonyl (C=O) groups excluding carboxylic acids is 1. The van der Waals surface area contributed by atoms with Gasteiger partial charge in [-0.2, -0.15) is 0 Å². The molecule has 4 heteroatoms. The molecule has 4 nitrogen and oxygen atoms in total. The molecule has 0 saturated carbocycles. The highest BCUT2D eigenvalue weighted by Gasteiger charge is 2.20. The molecule has 1 amide bonds. The molecule has 0 aliphatic rings. The summed E-state index contributed by atoms with van der Waals surface area (Å²) in [7, 11) is 0. The van der Waals surface area contributed by atoms with Crippen molar-refractivity contribution in [2.24, 2.45) is 0 Å². The summed E-state index contributed by atoms with van der Waals surface area (Å²) in [6, 6.07) is -0.534. The van der Waals surface area contributed by atoms with Gasteiger partial charge in [-0.3, -0.25) is 4.79 Å². The van der Waals surface area contributed by atoms with Gasteiger partial charge in [-0.15, -0.1) is 0 Å². The largest absolute Gasteiger partial charge is 0.394 e. The third kappa shape index (κ3) is 72.1. The number of aliphatic hydroxyl groups excluding tert-OH is 2. The van der Waals surface area contributed by atoms with Gasteiger partial charge in [-0.05, 0) is 12.8 Å². The number of unbranched alkanes of at least 4 members (excludes halogenated alkanes) is 70. The Balaban J connectivity index is 3.32. The lowest BCUT2D eigenvalue weighted by atomic mass is 10.0. The Morgan fingerprint density at radius 3 is 0.536 bits per heavy atom. The number of aliphatic hydroxyl groups is 2. The minimum Gasteiger partial charge on any atom is -0.394 e. The third-order valence-electron chi connectivity index (χ3n) is 19.6. The van der Waals surface area contributed by atoms with E-state index in [0.29, 0.717) is 12.8 Å². The Morgan fingerprint density at radius 1 is 0.238 bits per heavy atom. The highest BCUT2D eigenvalue weighted by Crippen LogP contribution is 2.21. The predicted molar refractivity (Wildman–Crippen MR) is 378 cm³/mol. The molecule has 0 rings (SSSR count). The second-order valence-corrected chi connectivity index (χ2v) is 28.2. The maximum atomic E-state index is 12.6. The van der Waals surface area contributed by atoms with Crippen molar-refractivity contribution in [3.05, 3.63) is 0 Å². The van der Waals surface area contributed by atoms with Gasteiger partial charge in [-0.25, -0.2) is 0 Å². The molecule has 0 fully saturated rings. The van der Waals surface area contributed by atoms with E-state index in [0.717, 1.165) is 25.7 Å². The summed E-state index contributed by atoms with van der Waals surface area (Å²) in [4.78, 5) is 12.6. The Bertz CT molecular complexity index is 1160. The predicted octanol–water partition coefficient (Wildman–Crippen LogP) is 27.7. The van der Waals surface area contributed by atoms with Crippen LogP contribution in [0, 0.1) is 0 Å². The lowest BCUT2D eigenvalue weighted by Crippen LogP contribution is -2.45. The molecule has 0 heterocycles. The van der Waals surface area contributed by atoms with Gasteiger partial charge in [0.25, 0.3) is 0 Å². The van der Waals surface area contributed by atoms with E-state index in [9.17, 15) is 15.0 Å². The topological polar surface area (TPSA) is 69.6 Å². The lowest BCUT2D eigenvalue weighted by molar-refractivity contribution is -0.123. The summed E-state index contributed by atoms with van der Waals surface area (Å²) in [5.41, 5.74) is 0. The first-order valence-corrected chi connectivity index (χ1v) is 40.2. The molecule has 0 bridgehead atoms. The molecule has 84 heavy (non-hydrogen) atoms. The summed E-state index contributed by atoms with van der Waals surface area (Å²) in [6.07, 6.45) is 102. The third-order valence-corrected chi connectivity index (χ3v) is 19.6. The molecule has 0 saturated heterocycles. The Labute approximate surface area is 531 Å². The number of hydrogen-bond donors (Lipinski definition) is 3. The van der Waals surface area contributed by atoms with E-state index in [4.69, 9.17) is 0 Å². The van der Waals surface area contributed by atoms with Gasteiger partial charge in [0.15, 0.2) is 0 Å². The molecule has 0 aliphatic heterocycles. The normalized spacial score (nSPS) is 12.5. The average Bonchev–Trinajstić information content (AvgIpc) is 3.51. The fourth-order valence-electron chi connectivity index (χ4n) is 13.5. The minimum atomic E-state index is -0.657. The van der Waals surface area contributed by atoms with Crippen LogP contribution in [-0.4, -0.2) is 34.9 Å². The van der Waals surface area contributed by atoms with Crippen LogP contribution in [0.15, 0.2) is 0 Å². The first kappa shape index (κ1) is 83.4. The molecule has 3 N–H and O–H groups in total. The van der Waals surface area contributed by atoms with Crippen molar-refractivity contribution in [3.63, 3.8) is 0 Å². The molecular formula is C80H161NO3. The average molecular weight is 1190 g/mol. The van der Waals surface area contributed by atoms with Crippen molar-refractivity contribution in [2.45, 2.75) is 501 Å². The van der Waals surface area contributed by atoms with Gasteiger partial charge in [0.05, 0.1) is 18.8 Å². The zero-order valence-corrected chi connectivity index (χ0v) is 58.5. The Morgan fingerprint density at radius 2 is 0.381 bits per heavy atom. The number of nitrogens with one attached hydrogen (secondary N) is 1. The van der Waals surface area contributed by atoms with Gasteiger partial charge in [0, 0.05) is 6.42 Å². The molecule has 0 radical (unpaired) electrons. The van der Waals surface area contributed by atoms with Crippen LogP contribution in [0.25, 0.3) is 0 Å². The minimum absolute atomic E-state index is 0.0178. The van der Waals surface area contributed by atoms with Crippen LogP contribution in [0.4, 0.5) is 0 Å².